The maximum atomic E-state index is 10.7. The van der Waals surface area contributed by atoms with Gasteiger partial charge in [0.1, 0.15) is 0 Å². The fourth-order valence-electron chi connectivity index (χ4n) is 1.15. The zero-order valence-corrected chi connectivity index (χ0v) is 8.67. The highest BCUT2D eigenvalue weighted by Gasteiger charge is 2.20. The highest BCUT2D eigenvalue weighted by atomic mass is 35.5. The van der Waals surface area contributed by atoms with E-state index in [4.69, 9.17) is 16.3 Å². The Morgan fingerprint density at radius 2 is 2.21 bits per heavy atom. The van der Waals surface area contributed by atoms with Crippen molar-refractivity contribution in [1.29, 1.82) is 0 Å². The average Bonchev–Trinajstić information content (AvgIpc) is 2.11. The molecule has 0 aliphatic heterocycles. The molecule has 14 heavy (non-hydrogen) atoms. The minimum Gasteiger partial charge on any atom is -0.487 e. The summed E-state index contributed by atoms with van der Waals surface area (Å²) < 4.78 is 5.13. The van der Waals surface area contributed by atoms with E-state index >= 15 is 0 Å². The number of hydrogen-bond acceptors (Lipinski definition) is 3. The molecular weight excluding hydrogens is 206 g/mol. The van der Waals surface area contributed by atoms with Gasteiger partial charge in [-0.05, 0) is 26.0 Å². The minimum absolute atomic E-state index is 0.0562. The third kappa shape index (κ3) is 1.96. The molecule has 0 bridgehead atoms. The minimum atomic E-state index is -0.480. The molecule has 0 aromatic heterocycles. The van der Waals surface area contributed by atoms with Crippen molar-refractivity contribution in [3.63, 3.8) is 0 Å². The molecule has 1 aromatic rings. The Morgan fingerprint density at radius 3 is 2.71 bits per heavy atom. The molecule has 1 rings (SSSR count). The molecule has 1 aromatic carbocycles. The summed E-state index contributed by atoms with van der Waals surface area (Å²) in [6.07, 6.45) is 0. The van der Waals surface area contributed by atoms with E-state index in [1.165, 1.54) is 6.07 Å². The summed E-state index contributed by atoms with van der Waals surface area (Å²) >= 11 is 5.77. The van der Waals surface area contributed by atoms with Crippen molar-refractivity contribution in [1.82, 2.24) is 0 Å². The lowest BCUT2D eigenvalue weighted by molar-refractivity contribution is -0.386. The highest BCUT2D eigenvalue weighted by molar-refractivity contribution is 6.31. The Bertz CT molecular complexity index is 365. The van der Waals surface area contributed by atoms with Gasteiger partial charge < -0.3 is 4.74 Å². The maximum absolute atomic E-state index is 10.7. The van der Waals surface area contributed by atoms with E-state index in [-0.39, 0.29) is 11.4 Å². The summed E-state index contributed by atoms with van der Waals surface area (Å²) in [6, 6.07) is 3.10. The lowest BCUT2D eigenvalue weighted by Crippen LogP contribution is -1.99. The molecule has 5 heteroatoms. The number of halogens is 1. The van der Waals surface area contributed by atoms with E-state index in [0.29, 0.717) is 17.2 Å². The molecule has 4 nitrogen and oxygen atoms in total. The summed E-state index contributed by atoms with van der Waals surface area (Å²) in [6.45, 7) is 3.76. The van der Waals surface area contributed by atoms with E-state index in [1.54, 1.807) is 19.9 Å². The smallest absolute Gasteiger partial charge is 0.315 e. The van der Waals surface area contributed by atoms with Gasteiger partial charge in [-0.2, -0.15) is 0 Å². The predicted molar refractivity (Wildman–Crippen MR) is 54.0 cm³/mol. The molecule has 0 aliphatic rings. The molecule has 0 spiro atoms. The molecule has 0 aliphatic carbocycles. The molecule has 0 fully saturated rings. The van der Waals surface area contributed by atoms with E-state index in [1.807, 2.05) is 0 Å². The first-order valence-electron chi connectivity index (χ1n) is 4.14. The molecule has 76 valence electrons. The first-order chi connectivity index (χ1) is 6.57. The zero-order chi connectivity index (χ0) is 10.7. The Balaban J connectivity index is 3.30. The maximum Gasteiger partial charge on any atom is 0.315 e. The van der Waals surface area contributed by atoms with Gasteiger partial charge in [0.15, 0.2) is 5.75 Å². The summed E-state index contributed by atoms with van der Waals surface area (Å²) in [4.78, 5) is 10.3. The van der Waals surface area contributed by atoms with Crippen molar-refractivity contribution in [2.75, 3.05) is 6.61 Å². The third-order valence-corrected chi connectivity index (χ3v) is 2.22. The molecule has 0 saturated carbocycles. The van der Waals surface area contributed by atoms with Crippen LogP contribution in [0.1, 0.15) is 12.5 Å². The number of benzene rings is 1. The SMILES string of the molecule is CCOc1ccc(Cl)c(C)c1[N+](=O)[O-]. The van der Waals surface area contributed by atoms with Crippen LogP contribution in [0.15, 0.2) is 12.1 Å². The van der Waals surface area contributed by atoms with Gasteiger partial charge in [-0.25, -0.2) is 0 Å². The van der Waals surface area contributed by atoms with Gasteiger partial charge in [0.05, 0.1) is 16.6 Å². The molecule has 0 amide bonds. The van der Waals surface area contributed by atoms with Crippen molar-refractivity contribution < 1.29 is 9.66 Å². The van der Waals surface area contributed by atoms with E-state index in [2.05, 4.69) is 0 Å². The van der Waals surface area contributed by atoms with Crippen molar-refractivity contribution in [2.45, 2.75) is 13.8 Å². The molecule has 0 unspecified atom stereocenters. The summed E-state index contributed by atoms with van der Waals surface area (Å²) in [7, 11) is 0. The van der Waals surface area contributed by atoms with Gasteiger partial charge >= 0.3 is 5.69 Å². The van der Waals surface area contributed by atoms with Crippen LogP contribution < -0.4 is 4.74 Å². The third-order valence-electron chi connectivity index (χ3n) is 1.81. The normalized spacial score (nSPS) is 9.93. The molecule has 0 saturated heterocycles. The molecular formula is C9H10ClNO3. The molecule has 0 N–H and O–H groups in total. The van der Waals surface area contributed by atoms with Crippen LogP contribution in [0.4, 0.5) is 5.69 Å². The van der Waals surface area contributed by atoms with Crippen LogP contribution in [0.3, 0.4) is 0 Å². The van der Waals surface area contributed by atoms with Crippen LogP contribution in [0.2, 0.25) is 5.02 Å². The molecule has 0 radical (unpaired) electrons. The van der Waals surface area contributed by atoms with Crippen LogP contribution >= 0.6 is 11.6 Å². The number of nitrogens with zero attached hydrogens (tertiary/aromatic N) is 1. The second kappa shape index (κ2) is 4.28. The molecule has 0 atom stereocenters. The topological polar surface area (TPSA) is 52.4 Å². The zero-order valence-electron chi connectivity index (χ0n) is 7.91. The standard InChI is InChI=1S/C9H10ClNO3/c1-3-14-8-5-4-7(10)6(2)9(8)11(12)13/h4-5H,3H2,1-2H3. The van der Waals surface area contributed by atoms with Crippen LogP contribution in [0, 0.1) is 17.0 Å². The Morgan fingerprint density at radius 1 is 1.57 bits per heavy atom. The second-order valence-corrected chi connectivity index (χ2v) is 3.12. The van der Waals surface area contributed by atoms with Gasteiger partial charge in [0.2, 0.25) is 0 Å². The van der Waals surface area contributed by atoms with E-state index in [9.17, 15) is 10.1 Å². The first-order valence-corrected chi connectivity index (χ1v) is 4.52. The number of nitro benzene ring substituents is 1. The second-order valence-electron chi connectivity index (χ2n) is 2.71. The number of ether oxygens (including phenoxy) is 1. The van der Waals surface area contributed by atoms with Crippen molar-refractivity contribution in [3.8, 4) is 5.75 Å². The number of nitro groups is 1. The first kappa shape index (κ1) is 10.8. The summed E-state index contributed by atoms with van der Waals surface area (Å²) in [5.74, 6) is 0.263. The predicted octanol–water partition coefficient (Wildman–Crippen LogP) is 2.96. The van der Waals surface area contributed by atoms with E-state index in [0.717, 1.165) is 0 Å². The fourth-order valence-corrected chi connectivity index (χ4v) is 1.30. The quantitative estimate of drug-likeness (QED) is 0.575. The van der Waals surface area contributed by atoms with Crippen molar-refractivity contribution in [2.24, 2.45) is 0 Å². The monoisotopic (exact) mass is 215 g/mol. The Kier molecular flexibility index (Phi) is 3.30. The lowest BCUT2D eigenvalue weighted by Gasteiger charge is -2.06. The van der Waals surface area contributed by atoms with E-state index < -0.39 is 4.92 Å². The highest BCUT2D eigenvalue weighted by Crippen LogP contribution is 2.34. The van der Waals surface area contributed by atoms with Gasteiger partial charge in [0.25, 0.3) is 0 Å². The van der Waals surface area contributed by atoms with Crippen LogP contribution in [-0.2, 0) is 0 Å². The fraction of sp³-hybridized carbons (Fsp3) is 0.333. The Hall–Kier alpha value is -1.29. The number of hydrogen-bond donors (Lipinski definition) is 0. The molecule has 0 heterocycles. The van der Waals surface area contributed by atoms with Gasteiger partial charge in [0, 0.05) is 5.56 Å². The van der Waals surface area contributed by atoms with Crippen molar-refractivity contribution in [3.05, 3.63) is 32.8 Å². The lowest BCUT2D eigenvalue weighted by atomic mass is 10.2. The van der Waals surface area contributed by atoms with Gasteiger partial charge in [-0.3, -0.25) is 10.1 Å². The summed E-state index contributed by atoms with van der Waals surface area (Å²) in [5.41, 5.74) is 0.377. The van der Waals surface area contributed by atoms with Crippen LogP contribution in [0.5, 0.6) is 5.75 Å². The van der Waals surface area contributed by atoms with Gasteiger partial charge in [-0.15, -0.1) is 0 Å². The Labute approximate surface area is 86.6 Å². The van der Waals surface area contributed by atoms with Crippen LogP contribution in [0.25, 0.3) is 0 Å². The van der Waals surface area contributed by atoms with Crippen molar-refractivity contribution >= 4 is 17.3 Å². The van der Waals surface area contributed by atoms with Crippen LogP contribution in [-0.4, -0.2) is 11.5 Å². The summed E-state index contributed by atoms with van der Waals surface area (Å²) in [5, 5.41) is 11.1. The largest absolute Gasteiger partial charge is 0.487 e. The average molecular weight is 216 g/mol. The van der Waals surface area contributed by atoms with Gasteiger partial charge in [-0.1, -0.05) is 11.6 Å². The number of rotatable bonds is 3.